The molecule has 5 nitrogen and oxygen atoms in total. The van der Waals surface area contributed by atoms with Gasteiger partial charge in [0.15, 0.2) is 0 Å². The van der Waals surface area contributed by atoms with Gasteiger partial charge in [-0.3, -0.25) is 4.79 Å². The van der Waals surface area contributed by atoms with Crippen LogP contribution in [0.3, 0.4) is 0 Å². The molecular formula is C14H16BrN3O2. The molecule has 20 heavy (non-hydrogen) atoms. The van der Waals surface area contributed by atoms with E-state index in [9.17, 15) is 4.79 Å². The van der Waals surface area contributed by atoms with Crippen molar-refractivity contribution in [2.24, 2.45) is 5.92 Å². The number of nitrogens with one attached hydrogen (secondary N) is 1. The smallest absolute Gasteiger partial charge is 0.220 e. The molecule has 1 fully saturated rings. The summed E-state index contributed by atoms with van der Waals surface area (Å²) in [6.45, 7) is 4.64. The summed E-state index contributed by atoms with van der Waals surface area (Å²) in [6, 6.07) is 3.93. The van der Waals surface area contributed by atoms with E-state index < -0.39 is 0 Å². The summed E-state index contributed by atoms with van der Waals surface area (Å²) in [6.07, 6.45) is 2.41. The van der Waals surface area contributed by atoms with E-state index in [0.717, 1.165) is 21.4 Å². The summed E-state index contributed by atoms with van der Waals surface area (Å²) in [5, 5.41) is 7.23. The lowest BCUT2D eigenvalue weighted by atomic mass is 10.0. The molecule has 0 bridgehead atoms. The van der Waals surface area contributed by atoms with Crippen molar-refractivity contribution in [3.63, 3.8) is 0 Å². The predicted octanol–water partition coefficient (Wildman–Crippen LogP) is 2.31. The first-order valence-corrected chi connectivity index (χ1v) is 7.41. The fourth-order valence-corrected chi connectivity index (χ4v) is 2.90. The van der Waals surface area contributed by atoms with Crippen molar-refractivity contribution in [3.8, 4) is 5.75 Å². The fraction of sp³-hybridized carbons (Fsp3) is 0.429. The molecule has 0 aliphatic carbocycles. The number of hydrogen-bond acceptors (Lipinski definition) is 3. The quantitative estimate of drug-likeness (QED) is 0.934. The molecule has 2 aromatic rings. The minimum Gasteiger partial charge on any atom is -0.488 e. The van der Waals surface area contributed by atoms with E-state index in [4.69, 9.17) is 4.74 Å². The van der Waals surface area contributed by atoms with Crippen LogP contribution in [0.5, 0.6) is 5.75 Å². The van der Waals surface area contributed by atoms with Crippen LogP contribution in [0.4, 0.5) is 0 Å². The number of halogens is 1. The van der Waals surface area contributed by atoms with E-state index in [0.29, 0.717) is 13.0 Å². The van der Waals surface area contributed by atoms with Crippen molar-refractivity contribution in [2.75, 3.05) is 6.54 Å². The van der Waals surface area contributed by atoms with Crippen molar-refractivity contribution in [3.05, 3.63) is 28.5 Å². The van der Waals surface area contributed by atoms with Gasteiger partial charge in [-0.2, -0.15) is 5.10 Å². The van der Waals surface area contributed by atoms with Gasteiger partial charge in [-0.25, -0.2) is 4.52 Å². The topological polar surface area (TPSA) is 55.6 Å². The summed E-state index contributed by atoms with van der Waals surface area (Å²) in [7, 11) is 0. The van der Waals surface area contributed by atoms with Crippen LogP contribution in [0.15, 0.2) is 22.8 Å². The van der Waals surface area contributed by atoms with Crippen molar-refractivity contribution >= 4 is 27.4 Å². The molecule has 6 heteroatoms. The van der Waals surface area contributed by atoms with Gasteiger partial charge in [0.2, 0.25) is 5.91 Å². The second-order valence-electron chi connectivity index (χ2n) is 5.23. The summed E-state index contributed by atoms with van der Waals surface area (Å²) in [4.78, 5) is 11.3. The number of hydrogen-bond donors (Lipinski definition) is 1. The minimum absolute atomic E-state index is 0.0257. The minimum atomic E-state index is -0.0257. The van der Waals surface area contributed by atoms with Gasteiger partial charge in [0.05, 0.1) is 5.69 Å². The van der Waals surface area contributed by atoms with Gasteiger partial charge >= 0.3 is 0 Å². The molecule has 2 aromatic heterocycles. The SMILES string of the molecule is Cc1cc2c(O[C@H](C)[C@H]3CNC(=O)C3)cc(Br)cn2n1. The number of amides is 1. The van der Waals surface area contributed by atoms with E-state index in [-0.39, 0.29) is 17.9 Å². The van der Waals surface area contributed by atoms with Gasteiger partial charge in [0.1, 0.15) is 17.4 Å². The molecule has 1 aliphatic rings. The Morgan fingerprint density at radius 1 is 1.55 bits per heavy atom. The Morgan fingerprint density at radius 2 is 2.35 bits per heavy atom. The van der Waals surface area contributed by atoms with Crippen molar-refractivity contribution in [2.45, 2.75) is 26.4 Å². The van der Waals surface area contributed by atoms with Gasteiger partial charge in [0.25, 0.3) is 0 Å². The van der Waals surface area contributed by atoms with Crippen LogP contribution in [0.2, 0.25) is 0 Å². The van der Waals surface area contributed by atoms with Crippen LogP contribution in [0, 0.1) is 12.8 Å². The molecule has 0 saturated carbocycles. The van der Waals surface area contributed by atoms with Crippen LogP contribution < -0.4 is 10.1 Å². The Bertz CT molecular complexity index is 668. The maximum Gasteiger partial charge on any atom is 0.220 e. The van der Waals surface area contributed by atoms with Gasteiger partial charge in [0, 0.05) is 29.6 Å². The Morgan fingerprint density at radius 3 is 3.05 bits per heavy atom. The monoisotopic (exact) mass is 337 g/mol. The normalized spacial score (nSPS) is 20.1. The van der Waals surface area contributed by atoms with E-state index >= 15 is 0 Å². The number of ether oxygens (including phenoxy) is 1. The zero-order valence-electron chi connectivity index (χ0n) is 11.4. The van der Waals surface area contributed by atoms with Gasteiger partial charge in [-0.15, -0.1) is 0 Å². The molecule has 1 amide bonds. The number of aromatic nitrogens is 2. The van der Waals surface area contributed by atoms with Crippen LogP contribution in [0.25, 0.3) is 5.52 Å². The Kier molecular flexibility index (Phi) is 3.41. The molecule has 0 aromatic carbocycles. The maximum atomic E-state index is 11.3. The highest BCUT2D eigenvalue weighted by Gasteiger charge is 2.28. The van der Waals surface area contributed by atoms with E-state index in [2.05, 4.69) is 26.3 Å². The third kappa shape index (κ3) is 2.52. The third-order valence-electron chi connectivity index (χ3n) is 3.61. The molecule has 0 unspecified atom stereocenters. The Labute approximate surface area is 125 Å². The molecule has 106 valence electrons. The highest BCUT2D eigenvalue weighted by molar-refractivity contribution is 9.10. The maximum absolute atomic E-state index is 11.3. The number of fused-ring (bicyclic) bond motifs is 1. The Balaban J connectivity index is 1.88. The first kappa shape index (κ1) is 13.4. The van der Waals surface area contributed by atoms with Crippen LogP contribution in [0.1, 0.15) is 19.0 Å². The summed E-state index contributed by atoms with van der Waals surface area (Å²) >= 11 is 3.47. The number of carbonyl (C=O) groups excluding carboxylic acids is 1. The van der Waals surface area contributed by atoms with E-state index in [1.807, 2.05) is 32.2 Å². The molecule has 3 rings (SSSR count). The molecule has 0 radical (unpaired) electrons. The van der Waals surface area contributed by atoms with E-state index in [1.165, 1.54) is 0 Å². The van der Waals surface area contributed by atoms with Crippen molar-refractivity contribution in [1.82, 2.24) is 14.9 Å². The first-order valence-electron chi connectivity index (χ1n) is 6.62. The summed E-state index contributed by atoms with van der Waals surface area (Å²) in [5.74, 6) is 1.10. The van der Waals surface area contributed by atoms with Crippen LogP contribution >= 0.6 is 15.9 Å². The highest BCUT2D eigenvalue weighted by atomic mass is 79.9. The molecule has 1 saturated heterocycles. The lowest BCUT2D eigenvalue weighted by Gasteiger charge is -2.20. The average molecular weight is 338 g/mol. The lowest BCUT2D eigenvalue weighted by molar-refractivity contribution is -0.119. The molecule has 1 N–H and O–H groups in total. The summed E-state index contributed by atoms with van der Waals surface area (Å²) in [5.41, 5.74) is 1.88. The van der Waals surface area contributed by atoms with Crippen molar-refractivity contribution in [1.29, 1.82) is 0 Å². The van der Waals surface area contributed by atoms with Crippen molar-refractivity contribution < 1.29 is 9.53 Å². The second-order valence-corrected chi connectivity index (χ2v) is 6.15. The average Bonchev–Trinajstić information content (AvgIpc) is 2.94. The zero-order valence-corrected chi connectivity index (χ0v) is 13.0. The van der Waals surface area contributed by atoms with Gasteiger partial charge in [-0.1, -0.05) is 0 Å². The summed E-state index contributed by atoms with van der Waals surface area (Å²) < 4.78 is 8.79. The standard InChI is InChI=1S/C14H16BrN3O2/c1-8-3-12-13(5-11(15)7-18(12)17-8)20-9(2)10-4-14(19)16-6-10/h3,5,7,9-10H,4,6H2,1-2H3,(H,16,19)/t9-,10-/m1/s1. The number of pyridine rings is 1. The number of rotatable bonds is 3. The van der Waals surface area contributed by atoms with Gasteiger partial charge < -0.3 is 10.1 Å². The zero-order chi connectivity index (χ0) is 14.3. The number of nitrogens with zero attached hydrogens (tertiary/aromatic N) is 2. The molecule has 0 spiro atoms. The van der Waals surface area contributed by atoms with E-state index in [1.54, 1.807) is 4.52 Å². The fourth-order valence-electron chi connectivity index (χ4n) is 2.50. The molecule has 2 atom stereocenters. The first-order chi connectivity index (χ1) is 9.52. The Hall–Kier alpha value is -1.56. The molecular weight excluding hydrogens is 322 g/mol. The lowest BCUT2D eigenvalue weighted by Crippen LogP contribution is -2.25. The van der Waals surface area contributed by atoms with Gasteiger partial charge in [-0.05, 0) is 41.9 Å². The third-order valence-corrected chi connectivity index (χ3v) is 4.04. The number of carbonyl (C=O) groups is 1. The molecule has 3 heterocycles. The second kappa shape index (κ2) is 5.09. The number of aryl methyl sites for hydroxylation is 1. The largest absolute Gasteiger partial charge is 0.488 e. The predicted molar refractivity (Wildman–Crippen MR) is 78.8 cm³/mol. The molecule has 1 aliphatic heterocycles. The van der Waals surface area contributed by atoms with Crippen LogP contribution in [-0.2, 0) is 4.79 Å². The highest BCUT2D eigenvalue weighted by Crippen LogP contribution is 2.28. The van der Waals surface area contributed by atoms with Crippen LogP contribution in [-0.4, -0.2) is 28.2 Å².